The van der Waals surface area contributed by atoms with Crippen LogP contribution in [0.15, 0.2) is 66.1 Å². The van der Waals surface area contributed by atoms with E-state index in [0.717, 1.165) is 22.1 Å². The average Bonchev–Trinajstić information content (AvgIpc) is 3.04. The summed E-state index contributed by atoms with van der Waals surface area (Å²) in [4.78, 5) is 16.4. The molecular weight excluding hydrogens is 320 g/mol. The van der Waals surface area contributed by atoms with Crippen molar-refractivity contribution in [2.45, 2.75) is 18.5 Å². The molecule has 0 saturated carbocycles. The van der Waals surface area contributed by atoms with E-state index in [1.807, 2.05) is 66.2 Å². The van der Waals surface area contributed by atoms with E-state index in [9.17, 15) is 4.79 Å². The third-order valence-electron chi connectivity index (χ3n) is 3.43. The molecule has 3 rings (SSSR count). The standard InChI is InChI=1S/C18H18N4OS/c1-14-6-5-7-15(12-14)21-17(23)10-11-24-18-19-13-20-22(18)16-8-3-2-4-9-16/h2-9,12-13H,10-11H2,1H3,(H,21,23)/p+1. The maximum Gasteiger partial charge on any atom is 0.385 e. The van der Waals surface area contributed by atoms with Crippen LogP contribution in [-0.2, 0) is 4.79 Å². The monoisotopic (exact) mass is 339 g/mol. The topological polar surface area (TPSA) is 61.7 Å². The first-order chi connectivity index (χ1) is 11.7. The zero-order chi connectivity index (χ0) is 16.8. The van der Waals surface area contributed by atoms with Crippen LogP contribution in [-0.4, -0.2) is 21.7 Å². The van der Waals surface area contributed by atoms with Gasteiger partial charge in [0.25, 0.3) is 0 Å². The van der Waals surface area contributed by atoms with Crippen LogP contribution in [0.25, 0.3) is 5.69 Å². The van der Waals surface area contributed by atoms with Gasteiger partial charge in [-0.2, -0.15) is 5.10 Å². The molecule has 24 heavy (non-hydrogen) atoms. The molecule has 0 aliphatic rings. The molecule has 0 spiro atoms. The van der Waals surface area contributed by atoms with Gasteiger partial charge >= 0.3 is 5.16 Å². The van der Waals surface area contributed by atoms with Gasteiger partial charge in [-0.1, -0.05) is 30.3 Å². The fourth-order valence-corrected chi connectivity index (χ4v) is 3.18. The maximum absolute atomic E-state index is 12.0. The van der Waals surface area contributed by atoms with Crippen molar-refractivity contribution >= 4 is 23.4 Å². The van der Waals surface area contributed by atoms with Crippen molar-refractivity contribution in [2.24, 2.45) is 0 Å². The SMILES string of the molecule is Cc1cccc(NC(=O)CCSc2nc[nH][n+]2-c2ccccc2)c1. The number of hydrogen-bond donors (Lipinski definition) is 2. The summed E-state index contributed by atoms with van der Waals surface area (Å²) in [6, 6.07) is 17.7. The number of aromatic nitrogens is 3. The molecule has 0 aliphatic heterocycles. The highest BCUT2D eigenvalue weighted by Crippen LogP contribution is 2.15. The van der Waals surface area contributed by atoms with Crippen LogP contribution < -0.4 is 10.00 Å². The highest BCUT2D eigenvalue weighted by atomic mass is 32.2. The zero-order valence-electron chi connectivity index (χ0n) is 13.4. The maximum atomic E-state index is 12.0. The van der Waals surface area contributed by atoms with Crippen LogP contribution >= 0.6 is 11.8 Å². The van der Waals surface area contributed by atoms with Gasteiger partial charge in [0.05, 0.1) is 0 Å². The Morgan fingerprint density at radius 3 is 2.83 bits per heavy atom. The fourth-order valence-electron chi connectivity index (χ4n) is 2.30. The van der Waals surface area contributed by atoms with Gasteiger partial charge in [0.15, 0.2) is 5.69 Å². The van der Waals surface area contributed by atoms with Crippen molar-refractivity contribution in [1.82, 2.24) is 10.1 Å². The summed E-state index contributed by atoms with van der Waals surface area (Å²) in [5.74, 6) is 0.671. The van der Waals surface area contributed by atoms with Gasteiger partial charge < -0.3 is 5.32 Å². The molecular formula is C18H19N4OS+. The number of hydrogen-bond acceptors (Lipinski definition) is 3. The Labute approximate surface area is 145 Å². The van der Waals surface area contributed by atoms with E-state index in [-0.39, 0.29) is 5.91 Å². The Balaban J connectivity index is 1.54. The predicted molar refractivity (Wildman–Crippen MR) is 95.3 cm³/mol. The number of H-pyrrole nitrogens is 1. The molecule has 3 aromatic rings. The summed E-state index contributed by atoms with van der Waals surface area (Å²) in [6.07, 6.45) is 2.09. The number of nitrogens with zero attached hydrogens (tertiary/aromatic N) is 2. The van der Waals surface area contributed by atoms with Crippen molar-refractivity contribution in [3.05, 3.63) is 66.5 Å². The number of aryl methyl sites for hydroxylation is 1. The quantitative estimate of drug-likeness (QED) is 0.536. The van der Waals surface area contributed by atoms with Crippen LogP contribution in [0, 0.1) is 6.92 Å². The van der Waals surface area contributed by atoms with E-state index in [1.165, 1.54) is 0 Å². The Hall–Kier alpha value is -2.60. The predicted octanol–water partition coefficient (Wildman–Crippen LogP) is 3.12. The van der Waals surface area contributed by atoms with Gasteiger partial charge in [0.2, 0.25) is 12.2 Å². The number of rotatable bonds is 6. The second-order valence-corrected chi connectivity index (χ2v) is 6.42. The lowest BCUT2D eigenvalue weighted by Crippen LogP contribution is -2.34. The first kappa shape index (κ1) is 16.3. The number of thioether (sulfide) groups is 1. The van der Waals surface area contributed by atoms with Crippen LogP contribution in [0.2, 0.25) is 0 Å². The molecule has 1 aromatic heterocycles. The molecule has 1 amide bonds. The first-order valence-corrected chi connectivity index (χ1v) is 8.71. The number of carbonyl (C=O) groups is 1. The molecule has 6 heteroatoms. The van der Waals surface area contributed by atoms with E-state index in [1.54, 1.807) is 18.1 Å². The molecule has 0 atom stereocenters. The number of benzene rings is 2. The van der Waals surface area contributed by atoms with E-state index in [2.05, 4.69) is 15.4 Å². The van der Waals surface area contributed by atoms with Crippen molar-refractivity contribution in [3.63, 3.8) is 0 Å². The Morgan fingerprint density at radius 1 is 1.21 bits per heavy atom. The van der Waals surface area contributed by atoms with Crippen molar-refractivity contribution < 1.29 is 9.48 Å². The van der Waals surface area contributed by atoms with E-state index >= 15 is 0 Å². The smallest absolute Gasteiger partial charge is 0.326 e. The summed E-state index contributed by atoms with van der Waals surface area (Å²) >= 11 is 1.55. The largest absolute Gasteiger partial charge is 0.385 e. The second kappa shape index (κ2) is 7.79. The van der Waals surface area contributed by atoms with E-state index < -0.39 is 0 Å². The normalized spacial score (nSPS) is 10.5. The molecule has 0 bridgehead atoms. The Bertz CT molecular complexity index is 817. The Kier molecular flexibility index (Phi) is 5.28. The van der Waals surface area contributed by atoms with Gasteiger partial charge in [0.1, 0.15) is 0 Å². The average molecular weight is 339 g/mol. The molecule has 0 fully saturated rings. The van der Waals surface area contributed by atoms with E-state index in [4.69, 9.17) is 0 Å². The number of anilines is 1. The molecule has 2 N–H and O–H groups in total. The minimum absolute atomic E-state index is 0.00916. The van der Waals surface area contributed by atoms with Crippen LogP contribution in [0.1, 0.15) is 12.0 Å². The first-order valence-electron chi connectivity index (χ1n) is 7.72. The molecule has 1 heterocycles. The number of carbonyl (C=O) groups excluding carboxylic acids is 1. The van der Waals surface area contributed by atoms with Gasteiger partial charge in [-0.3, -0.25) is 4.79 Å². The number of para-hydroxylation sites is 1. The third kappa shape index (κ3) is 4.23. The third-order valence-corrected chi connectivity index (χ3v) is 4.38. The number of aromatic amines is 1. The van der Waals surface area contributed by atoms with Gasteiger partial charge in [-0.25, -0.2) is 0 Å². The lowest BCUT2D eigenvalue weighted by atomic mass is 10.2. The minimum Gasteiger partial charge on any atom is -0.326 e. The van der Waals surface area contributed by atoms with Crippen molar-refractivity contribution in [2.75, 3.05) is 11.1 Å². The highest BCUT2D eigenvalue weighted by Gasteiger charge is 2.17. The molecule has 122 valence electrons. The van der Waals surface area contributed by atoms with Crippen molar-refractivity contribution in [1.29, 1.82) is 0 Å². The summed E-state index contributed by atoms with van der Waals surface area (Å²) in [5, 5.41) is 6.85. The molecule has 0 aliphatic carbocycles. The van der Waals surface area contributed by atoms with Crippen LogP contribution in [0.3, 0.4) is 0 Å². The molecule has 0 saturated heterocycles. The van der Waals surface area contributed by atoms with Crippen LogP contribution in [0.4, 0.5) is 5.69 Å². The van der Waals surface area contributed by atoms with Gasteiger partial charge in [-0.05, 0) is 53.5 Å². The fraction of sp³-hybridized carbons (Fsp3) is 0.167. The molecule has 0 unspecified atom stereocenters. The highest BCUT2D eigenvalue weighted by molar-refractivity contribution is 7.99. The van der Waals surface area contributed by atoms with Crippen LogP contribution in [0.5, 0.6) is 0 Å². The number of amides is 1. The second-order valence-electron chi connectivity index (χ2n) is 5.36. The lowest BCUT2D eigenvalue weighted by molar-refractivity contribution is -0.694. The Morgan fingerprint density at radius 2 is 2.04 bits per heavy atom. The molecule has 0 radical (unpaired) electrons. The summed E-state index contributed by atoms with van der Waals surface area (Å²) in [6.45, 7) is 2.01. The van der Waals surface area contributed by atoms with E-state index in [0.29, 0.717) is 12.2 Å². The summed E-state index contributed by atoms with van der Waals surface area (Å²) in [5.41, 5.74) is 2.98. The van der Waals surface area contributed by atoms with Crippen molar-refractivity contribution in [3.8, 4) is 5.69 Å². The zero-order valence-corrected chi connectivity index (χ0v) is 14.2. The summed E-state index contributed by atoms with van der Waals surface area (Å²) < 4.78 is 1.91. The summed E-state index contributed by atoms with van der Waals surface area (Å²) in [7, 11) is 0. The number of nitrogens with one attached hydrogen (secondary N) is 2. The lowest BCUT2D eigenvalue weighted by Gasteiger charge is -2.05. The molecule has 5 nitrogen and oxygen atoms in total. The minimum atomic E-state index is 0.00916. The van der Waals surface area contributed by atoms with Gasteiger partial charge in [-0.15, -0.1) is 4.68 Å². The van der Waals surface area contributed by atoms with Gasteiger partial charge in [0, 0.05) is 17.9 Å². The molecule has 2 aromatic carbocycles.